The van der Waals surface area contributed by atoms with Crippen molar-refractivity contribution in [2.24, 2.45) is 0 Å². The summed E-state index contributed by atoms with van der Waals surface area (Å²) in [5.74, 6) is -3.07. The maximum Gasteiger partial charge on any atom is 0.468 e. The van der Waals surface area contributed by atoms with E-state index in [1.807, 2.05) is 131 Å². The van der Waals surface area contributed by atoms with E-state index in [2.05, 4.69) is 0 Å². The number of halogens is 7. The summed E-state index contributed by atoms with van der Waals surface area (Å²) in [6.45, 7) is 0.462. The molecular formula is C62H52F7N2O6PV. The largest absolute Gasteiger partial charge is 1.00 e. The normalized spacial score (nSPS) is 12.2. The Hall–Kier alpha value is -8.36. The zero-order chi connectivity index (χ0) is 57.0. The minimum absolute atomic E-state index is 0. The second-order valence-corrected chi connectivity index (χ2v) is 17.5. The molecule has 2 atom stereocenters. The van der Waals surface area contributed by atoms with E-state index in [9.17, 15) is 17.4 Å². The molecule has 17 heteroatoms. The SMILES string of the molecule is COc1ccc2ccc(OC(F)(F)C(F)Oc3ccc(N(c4ccccc4)c4ccc(-c5ccc(N(c6ccccc6)c6ccc(OC(F)C(C)(F)F)cc6)cc5)cc4)cc3)cc2c1.Oc1ccc2ccc(O)cc2c1.[2H-].[3H][PH+]([3H])F.[V]. The molecule has 0 saturated carbocycles. The van der Waals surface area contributed by atoms with Crippen LogP contribution in [0.1, 0.15) is 8.35 Å². The smallest absolute Gasteiger partial charge is 0.468 e. The summed E-state index contributed by atoms with van der Waals surface area (Å²) in [6, 6.07) is 66.8. The number of phenols is 2. The van der Waals surface area contributed by atoms with Crippen LogP contribution in [0.25, 0.3) is 32.7 Å². The number of phenolic OH excluding ortho intramolecular Hbond substituents is 2. The van der Waals surface area contributed by atoms with Gasteiger partial charge in [-0.1, -0.05) is 89.1 Å². The van der Waals surface area contributed by atoms with Crippen molar-refractivity contribution in [1.29, 1.82) is 2.56 Å². The van der Waals surface area contributed by atoms with E-state index in [1.165, 1.54) is 43.5 Å². The van der Waals surface area contributed by atoms with E-state index < -0.39 is 34.2 Å². The monoisotopic (exact) mass is 1140 g/mol. The molecule has 0 aliphatic heterocycles. The topological polar surface area (TPSA) is 83.9 Å². The molecule has 10 rings (SSSR count). The molecular weight excluding hydrogens is 1080 g/mol. The Balaban J connectivity index is 0.000000518. The summed E-state index contributed by atoms with van der Waals surface area (Å²) in [5, 5.41) is 21.5. The number of alkyl halides is 6. The first-order chi connectivity index (χ1) is 38.3. The van der Waals surface area contributed by atoms with Gasteiger partial charge in [-0.3, -0.25) is 0 Å². The Bertz CT molecular complexity index is 3570. The summed E-state index contributed by atoms with van der Waals surface area (Å²) in [4.78, 5) is 3.94. The molecule has 405 valence electrons. The van der Waals surface area contributed by atoms with Crippen molar-refractivity contribution in [2.45, 2.75) is 31.7 Å². The molecule has 0 aliphatic rings. The number of fused-ring (bicyclic) bond motifs is 2. The van der Waals surface area contributed by atoms with E-state index in [0.717, 1.165) is 50.0 Å². The third-order valence-corrected chi connectivity index (χ3v) is 12.0. The summed E-state index contributed by atoms with van der Waals surface area (Å²) < 4.78 is 128. The molecule has 0 aliphatic carbocycles. The maximum atomic E-state index is 15.1. The van der Waals surface area contributed by atoms with Crippen molar-refractivity contribution in [3.63, 3.8) is 0 Å². The number of hydrogen-bond donors (Lipinski definition) is 2. The van der Waals surface area contributed by atoms with Gasteiger partial charge in [0.15, 0.2) is 9.44 Å². The van der Waals surface area contributed by atoms with Crippen molar-refractivity contribution in [2.75, 3.05) is 16.9 Å². The summed E-state index contributed by atoms with van der Waals surface area (Å²) in [5.41, 5.74) is 6.48. The first kappa shape index (κ1) is 55.4. The van der Waals surface area contributed by atoms with Gasteiger partial charge < -0.3 is 40.4 Å². The van der Waals surface area contributed by atoms with Crippen LogP contribution in [0, 0.1) is 0 Å². The van der Waals surface area contributed by atoms with E-state index in [1.54, 1.807) is 72.8 Å². The molecule has 79 heavy (non-hydrogen) atoms. The first-order valence-electron chi connectivity index (χ1n) is 25.0. The van der Waals surface area contributed by atoms with Crippen molar-refractivity contribution in [3.05, 3.63) is 231 Å². The van der Waals surface area contributed by atoms with Crippen LogP contribution in [0.2, 0.25) is 0 Å². The van der Waals surface area contributed by atoms with Gasteiger partial charge in [0.05, 0.1) is 7.11 Å². The number of methoxy groups -OCH3 is 1. The fraction of sp³-hybridized carbons (Fsp3) is 0.0968. The standard InChI is InChI=1S/C52H40F6N2O4.C10H8O2.FH3P.V.H/c1-51(55,56)49(53)62-45-29-23-43(24-30-45)59(39-9-5-3-6-10-39)41-19-13-35(14-20-41)36-15-21-42(22-16-36)60(40-11-7-4-8-12-40)44-25-31-46(32-26-44)63-50(54)52(57,58)64-48-28-18-37-17-27-47(61-2)33-38(37)34-48;11-9-3-1-7-2-4-10(12)6-8(7)5-9;1-2;;/h3-34,49-50H,1-2H3;1-6,11-12H;2H3;;/q;;+1;;-1/i;;2T2;;1+1. The Labute approximate surface area is 470 Å². The average molecular weight is 1140 g/mol. The molecule has 10 aromatic rings. The van der Waals surface area contributed by atoms with Crippen LogP contribution in [-0.4, -0.2) is 44.6 Å². The van der Waals surface area contributed by atoms with Crippen molar-refractivity contribution in [1.82, 2.24) is 0 Å². The van der Waals surface area contributed by atoms with Crippen LogP contribution in [0.5, 0.6) is 34.5 Å². The third-order valence-electron chi connectivity index (χ3n) is 12.0. The zero-order valence-electron chi connectivity index (χ0n) is 45.1. The van der Waals surface area contributed by atoms with Crippen molar-refractivity contribution < 1.29 is 79.7 Å². The minimum Gasteiger partial charge on any atom is -1.00 e. The molecule has 0 heterocycles. The molecule has 1 radical (unpaired) electrons. The molecule has 0 saturated heterocycles. The Morgan fingerprint density at radius 1 is 0.456 bits per heavy atom. The molecule has 2 unspecified atom stereocenters. The van der Waals surface area contributed by atoms with E-state index in [4.69, 9.17) is 31.7 Å². The van der Waals surface area contributed by atoms with Crippen LogP contribution >= 0.6 is 9.44 Å². The Kier molecular flexibility index (Phi) is 18.5. The fourth-order valence-corrected chi connectivity index (χ4v) is 8.23. The number of rotatable bonds is 16. The van der Waals surface area contributed by atoms with Crippen LogP contribution in [-0.2, 0) is 18.6 Å². The van der Waals surface area contributed by atoms with Crippen LogP contribution in [0.15, 0.2) is 231 Å². The van der Waals surface area contributed by atoms with Gasteiger partial charge in [0.1, 0.15) is 34.5 Å². The molecule has 0 fully saturated rings. The third kappa shape index (κ3) is 14.8. The predicted octanol–water partition coefficient (Wildman–Crippen LogP) is 18.0. The van der Waals surface area contributed by atoms with Gasteiger partial charge in [0.25, 0.3) is 0 Å². The molecule has 0 spiro atoms. The van der Waals surface area contributed by atoms with Gasteiger partial charge in [-0.25, -0.2) is 0 Å². The first-order valence-corrected chi connectivity index (χ1v) is 24.3. The molecule has 8 nitrogen and oxygen atoms in total. The maximum absolute atomic E-state index is 15.1. The Morgan fingerprint density at radius 3 is 1.19 bits per heavy atom. The number of ether oxygens (including phenoxy) is 4. The summed E-state index contributed by atoms with van der Waals surface area (Å²) in [7, 11) is -1.39. The van der Waals surface area contributed by atoms with Crippen LogP contribution < -0.4 is 28.7 Å². The fourth-order valence-electron chi connectivity index (χ4n) is 8.23. The zero-order valence-corrected chi connectivity index (χ0v) is 44.5. The van der Waals surface area contributed by atoms with E-state index in [0.29, 0.717) is 29.4 Å². The average Bonchev–Trinajstić information content (AvgIpc) is 3.50. The van der Waals surface area contributed by atoms with Gasteiger partial charge in [-0.05, 0) is 178 Å². The van der Waals surface area contributed by atoms with E-state index in [-0.39, 0.29) is 48.7 Å². The number of para-hydroxylation sites is 2. The predicted molar refractivity (Wildman–Crippen MR) is 300 cm³/mol. The van der Waals surface area contributed by atoms with Crippen molar-refractivity contribution >= 4 is 65.1 Å². The number of anilines is 6. The van der Waals surface area contributed by atoms with Crippen molar-refractivity contribution in [3.8, 4) is 45.6 Å². The van der Waals surface area contributed by atoms with Gasteiger partial charge in [-0.15, -0.1) is 0 Å². The molecule has 0 bridgehead atoms. The number of benzene rings is 10. The number of aromatic hydroxyl groups is 2. The minimum atomic E-state index is -4.31. The van der Waals surface area contributed by atoms with Gasteiger partial charge in [-0.2, -0.15) is 26.3 Å². The molecule has 10 aromatic carbocycles. The Morgan fingerprint density at radius 2 is 0.785 bits per heavy atom. The summed E-state index contributed by atoms with van der Waals surface area (Å²) in [6.07, 6.45) is -10.2. The molecule has 0 aromatic heterocycles. The second-order valence-electron chi connectivity index (χ2n) is 17.5. The second kappa shape index (κ2) is 26.3. The molecule has 0 amide bonds. The van der Waals surface area contributed by atoms with Crippen LogP contribution in [0.3, 0.4) is 0 Å². The van der Waals surface area contributed by atoms with Gasteiger partial charge in [0.2, 0.25) is 0 Å². The molecule has 2 N–H and O–H groups in total. The van der Waals surface area contributed by atoms with E-state index >= 15 is 13.2 Å². The summed E-state index contributed by atoms with van der Waals surface area (Å²) >= 11 is 0. The van der Waals surface area contributed by atoms with Gasteiger partial charge >= 0.3 is 27.3 Å². The quantitative estimate of drug-likeness (QED) is 0.0731. The van der Waals surface area contributed by atoms with Crippen LogP contribution in [0.4, 0.5) is 64.7 Å². The number of hydrogen-bond acceptors (Lipinski definition) is 8. The number of nitrogens with zero attached hydrogens (tertiary/aromatic N) is 2. The van der Waals surface area contributed by atoms with Gasteiger partial charge in [0, 0.05) is 59.6 Å².